The van der Waals surface area contributed by atoms with Gasteiger partial charge in [-0.25, -0.2) is 0 Å². The van der Waals surface area contributed by atoms with Crippen LogP contribution in [-0.2, 0) is 0 Å². The summed E-state index contributed by atoms with van der Waals surface area (Å²) in [6.07, 6.45) is 1.89. The fraction of sp³-hybridized carbons (Fsp3) is 0.286. The molecule has 0 radical (unpaired) electrons. The lowest BCUT2D eigenvalue weighted by Crippen LogP contribution is -2.60. The first kappa shape index (κ1) is 17.5. The maximum atomic E-state index is 13.1. The van der Waals surface area contributed by atoms with Crippen molar-refractivity contribution in [3.8, 4) is 0 Å². The van der Waals surface area contributed by atoms with E-state index in [-0.39, 0.29) is 5.78 Å². The van der Waals surface area contributed by atoms with Crippen LogP contribution in [-0.4, -0.2) is 41.5 Å². The van der Waals surface area contributed by atoms with Gasteiger partial charge in [0.05, 0.1) is 0 Å². The molecule has 2 aromatic rings. The van der Waals surface area contributed by atoms with E-state index < -0.39 is 8.07 Å². The smallest absolute Gasteiger partial charge is 0.192 e. The molecule has 4 heteroatoms. The van der Waals surface area contributed by atoms with Crippen LogP contribution in [0.5, 0.6) is 0 Å². The maximum Gasteiger partial charge on any atom is 0.192 e. The normalized spacial score (nSPS) is 14.5. The third kappa shape index (κ3) is 2.80. The Hall–Kier alpha value is -2.33. The molecule has 0 aromatic heterocycles. The van der Waals surface area contributed by atoms with Gasteiger partial charge in [-0.05, 0) is 46.8 Å². The summed E-state index contributed by atoms with van der Waals surface area (Å²) in [7, 11) is 4.18. The molecule has 0 fully saturated rings. The second-order valence-electron chi connectivity index (χ2n) is 7.48. The van der Waals surface area contributed by atoms with Gasteiger partial charge in [0.1, 0.15) is 8.07 Å². The minimum atomic E-state index is -1.95. The molecule has 0 atom stereocenters. The van der Waals surface area contributed by atoms with Gasteiger partial charge in [0.25, 0.3) is 0 Å². The molecule has 2 aromatic carbocycles. The monoisotopic (exact) mass is 350 g/mol. The lowest BCUT2D eigenvalue weighted by molar-refractivity contribution is 0.104. The van der Waals surface area contributed by atoms with Crippen molar-refractivity contribution < 1.29 is 4.79 Å². The van der Waals surface area contributed by atoms with Gasteiger partial charge in [-0.1, -0.05) is 19.2 Å². The van der Waals surface area contributed by atoms with Crippen LogP contribution in [0, 0.1) is 0 Å². The van der Waals surface area contributed by atoms with Crippen LogP contribution < -0.4 is 20.2 Å². The van der Waals surface area contributed by atoms with Crippen molar-refractivity contribution >= 4 is 35.6 Å². The van der Waals surface area contributed by atoms with Crippen molar-refractivity contribution in [1.82, 2.24) is 0 Å². The number of hydrogen-bond acceptors (Lipinski definition) is 3. The Morgan fingerprint density at radius 3 is 2.00 bits per heavy atom. The zero-order valence-corrected chi connectivity index (χ0v) is 16.8. The van der Waals surface area contributed by atoms with Crippen molar-refractivity contribution in [1.29, 1.82) is 0 Å². The highest BCUT2D eigenvalue weighted by atomic mass is 28.3. The van der Waals surface area contributed by atoms with E-state index in [9.17, 15) is 4.79 Å². The Bertz CT molecular complexity index is 855. The van der Waals surface area contributed by atoms with E-state index in [1.807, 2.05) is 44.4 Å². The van der Waals surface area contributed by atoms with Gasteiger partial charge in [-0.2, -0.15) is 0 Å². The number of rotatable bonds is 4. The van der Waals surface area contributed by atoms with E-state index in [2.05, 4.69) is 48.7 Å². The van der Waals surface area contributed by atoms with Crippen molar-refractivity contribution in [3.63, 3.8) is 0 Å². The summed E-state index contributed by atoms with van der Waals surface area (Å²) in [4.78, 5) is 17.3. The lowest BCUT2D eigenvalue weighted by atomic mass is 10.0. The van der Waals surface area contributed by atoms with Gasteiger partial charge in [-0.3, -0.25) is 4.79 Å². The third-order valence-corrected chi connectivity index (χ3v) is 8.72. The molecule has 0 saturated heterocycles. The SMILES string of the molecule is C=CCN(C)c1ccc2c(c1)[Si](C)(C)c1cc(N(C)C)ccc1C2=O. The molecule has 0 saturated carbocycles. The van der Waals surface area contributed by atoms with Crippen LogP contribution in [0.4, 0.5) is 11.4 Å². The number of nitrogens with zero attached hydrogens (tertiary/aromatic N) is 2. The fourth-order valence-corrected chi connectivity index (χ4v) is 6.65. The molecule has 3 nitrogen and oxygen atoms in total. The second-order valence-corrected chi connectivity index (χ2v) is 11.8. The van der Waals surface area contributed by atoms with E-state index in [4.69, 9.17) is 0 Å². The maximum absolute atomic E-state index is 13.1. The van der Waals surface area contributed by atoms with Crippen LogP contribution in [0.3, 0.4) is 0 Å². The zero-order valence-electron chi connectivity index (χ0n) is 15.8. The molecule has 0 N–H and O–H groups in total. The minimum absolute atomic E-state index is 0.153. The van der Waals surface area contributed by atoms with Crippen molar-refractivity contribution in [2.45, 2.75) is 13.1 Å². The number of fused-ring (bicyclic) bond motifs is 2. The average Bonchev–Trinajstić information content (AvgIpc) is 2.59. The van der Waals surface area contributed by atoms with Crippen molar-refractivity contribution in [2.24, 2.45) is 0 Å². The molecular formula is C21H26N2OSi. The molecule has 25 heavy (non-hydrogen) atoms. The molecule has 0 amide bonds. The quantitative estimate of drug-likeness (QED) is 0.626. The van der Waals surface area contributed by atoms with Crippen LogP contribution >= 0.6 is 0 Å². The summed E-state index contributed by atoms with van der Waals surface area (Å²) in [5.41, 5.74) is 4.04. The molecule has 0 bridgehead atoms. The first-order valence-corrected chi connectivity index (χ1v) is 11.6. The molecule has 0 spiro atoms. The van der Waals surface area contributed by atoms with E-state index >= 15 is 0 Å². The molecule has 130 valence electrons. The summed E-state index contributed by atoms with van der Waals surface area (Å²) < 4.78 is 0. The van der Waals surface area contributed by atoms with Gasteiger partial charge in [0, 0.05) is 50.2 Å². The molecule has 0 aliphatic carbocycles. The Balaban J connectivity index is 2.18. The summed E-state index contributed by atoms with van der Waals surface area (Å²) in [6.45, 7) is 9.29. The van der Waals surface area contributed by atoms with E-state index in [0.717, 1.165) is 29.0 Å². The lowest BCUT2D eigenvalue weighted by Gasteiger charge is -2.34. The molecule has 1 aliphatic heterocycles. The first-order valence-electron chi connectivity index (χ1n) is 8.60. The van der Waals surface area contributed by atoms with Crippen LogP contribution in [0.1, 0.15) is 15.9 Å². The molecule has 0 unspecified atom stereocenters. The number of anilines is 2. The fourth-order valence-electron chi connectivity index (χ4n) is 3.60. The van der Waals surface area contributed by atoms with Crippen molar-refractivity contribution in [2.75, 3.05) is 37.5 Å². The highest BCUT2D eigenvalue weighted by Gasteiger charge is 2.39. The van der Waals surface area contributed by atoms with Crippen LogP contribution in [0.2, 0.25) is 13.1 Å². The molecular weight excluding hydrogens is 324 g/mol. The minimum Gasteiger partial charge on any atom is -0.378 e. The topological polar surface area (TPSA) is 23.6 Å². The number of benzene rings is 2. The highest BCUT2D eigenvalue weighted by molar-refractivity contribution is 7.02. The van der Waals surface area contributed by atoms with E-state index in [0.29, 0.717) is 0 Å². The predicted octanol–water partition coefficient (Wildman–Crippen LogP) is 2.74. The summed E-state index contributed by atoms with van der Waals surface area (Å²) in [6, 6.07) is 12.5. The second kappa shape index (κ2) is 6.19. The average molecular weight is 351 g/mol. The van der Waals surface area contributed by atoms with Crippen LogP contribution in [0.15, 0.2) is 49.1 Å². The molecule has 1 heterocycles. The molecule has 3 rings (SSSR count). The van der Waals surface area contributed by atoms with Gasteiger partial charge in [0.15, 0.2) is 5.78 Å². The number of ketones is 1. The number of carbonyl (C=O) groups is 1. The summed E-state index contributed by atoms with van der Waals surface area (Å²) in [5, 5.41) is 2.47. The van der Waals surface area contributed by atoms with Gasteiger partial charge >= 0.3 is 0 Å². The summed E-state index contributed by atoms with van der Waals surface area (Å²) in [5.74, 6) is 0.153. The number of hydrogen-bond donors (Lipinski definition) is 0. The number of likely N-dealkylation sites (N-methyl/N-ethyl adjacent to an activating group) is 1. The highest BCUT2D eigenvalue weighted by Crippen LogP contribution is 2.25. The Kier molecular flexibility index (Phi) is 4.33. The van der Waals surface area contributed by atoms with Crippen molar-refractivity contribution in [3.05, 3.63) is 60.2 Å². The van der Waals surface area contributed by atoms with Gasteiger partial charge in [-0.15, -0.1) is 6.58 Å². The van der Waals surface area contributed by atoms with E-state index in [1.165, 1.54) is 10.4 Å². The molecule has 1 aliphatic rings. The Morgan fingerprint density at radius 1 is 0.960 bits per heavy atom. The largest absolute Gasteiger partial charge is 0.378 e. The van der Waals surface area contributed by atoms with Gasteiger partial charge in [0.2, 0.25) is 0 Å². The summed E-state index contributed by atoms with van der Waals surface area (Å²) >= 11 is 0. The number of carbonyl (C=O) groups excluding carboxylic acids is 1. The van der Waals surface area contributed by atoms with E-state index in [1.54, 1.807) is 0 Å². The van der Waals surface area contributed by atoms with Crippen LogP contribution in [0.25, 0.3) is 0 Å². The standard InChI is InChI=1S/C21H26N2OSi/c1-7-12-23(4)16-9-11-18-20(14-16)25(5,6)19-13-15(22(2)3)8-10-17(19)21(18)24/h7-11,13-14H,1,12H2,2-6H3. The zero-order chi connectivity index (χ0) is 18.4. The first-order chi connectivity index (χ1) is 11.8. The third-order valence-electron chi connectivity index (χ3n) is 5.20. The Morgan fingerprint density at radius 2 is 1.48 bits per heavy atom. The van der Waals surface area contributed by atoms with Gasteiger partial charge < -0.3 is 9.80 Å². The Labute approximate surface area is 151 Å². The predicted molar refractivity (Wildman–Crippen MR) is 111 cm³/mol.